The number of nitrogens with zero attached hydrogens (tertiary/aromatic N) is 2. The van der Waals surface area contributed by atoms with Crippen molar-refractivity contribution >= 4 is 34.6 Å². The topological polar surface area (TPSA) is 51.1 Å². The lowest BCUT2D eigenvalue weighted by atomic mass is 10.1. The molecular formula is C23H24N2O3S. The lowest BCUT2D eigenvalue weighted by Crippen LogP contribution is -2.32. The summed E-state index contributed by atoms with van der Waals surface area (Å²) >= 11 is 1.42. The number of carbonyl (C=O) groups excluding carboxylic acids is 1. The van der Waals surface area contributed by atoms with Gasteiger partial charge in [0.1, 0.15) is 13.2 Å². The van der Waals surface area contributed by atoms with Crippen LogP contribution in [0.25, 0.3) is 6.08 Å². The Balaban J connectivity index is 1.65. The van der Waals surface area contributed by atoms with Crippen LogP contribution in [0.15, 0.2) is 52.4 Å². The summed E-state index contributed by atoms with van der Waals surface area (Å²) in [5.41, 5.74) is 2.94. The normalized spacial score (nSPS) is 18.9. The van der Waals surface area contributed by atoms with Crippen LogP contribution in [0, 0.1) is 12.8 Å². The number of ether oxygens (including phenoxy) is 2. The standard InChI is InChI=1S/C23H24N2O3S/c1-15(2)14-25-22(26)21(29-23(25)24-18-7-4-16(3)5-8-18)13-17-6-9-19-20(12-17)28-11-10-27-19/h4-9,12-13,15H,10-11,14H2,1-3H3/b21-13-,24-23?. The highest BCUT2D eigenvalue weighted by atomic mass is 32.2. The average Bonchev–Trinajstić information content (AvgIpc) is 2.98. The smallest absolute Gasteiger partial charge is 0.266 e. The molecule has 150 valence electrons. The van der Waals surface area contributed by atoms with Gasteiger partial charge in [0.25, 0.3) is 5.91 Å². The molecule has 0 unspecified atom stereocenters. The molecule has 0 atom stereocenters. The molecule has 5 nitrogen and oxygen atoms in total. The van der Waals surface area contributed by atoms with E-state index in [0.29, 0.717) is 36.3 Å². The molecule has 0 aliphatic carbocycles. The van der Waals surface area contributed by atoms with E-state index in [1.54, 1.807) is 4.90 Å². The third kappa shape index (κ3) is 4.48. The van der Waals surface area contributed by atoms with Gasteiger partial charge in [-0.25, -0.2) is 4.99 Å². The number of aliphatic imine (C=N–C) groups is 1. The molecule has 1 saturated heterocycles. The van der Waals surface area contributed by atoms with E-state index in [0.717, 1.165) is 22.2 Å². The van der Waals surface area contributed by atoms with Crippen molar-refractivity contribution in [1.82, 2.24) is 4.90 Å². The van der Waals surface area contributed by atoms with E-state index in [9.17, 15) is 4.79 Å². The number of thioether (sulfide) groups is 1. The molecule has 4 rings (SSSR count). The van der Waals surface area contributed by atoms with Crippen molar-refractivity contribution in [2.45, 2.75) is 20.8 Å². The van der Waals surface area contributed by atoms with Gasteiger partial charge in [-0.2, -0.15) is 0 Å². The lowest BCUT2D eigenvalue weighted by molar-refractivity contribution is -0.122. The molecule has 29 heavy (non-hydrogen) atoms. The molecule has 2 aliphatic rings. The lowest BCUT2D eigenvalue weighted by Gasteiger charge is -2.18. The molecule has 0 spiro atoms. The molecule has 1 amide bonds. The molecule has 0 radical (unpaired) electrons. The third-order valence-electron chi connectivity index (χ3n) is 4.56. The highest BCUT2D eigenvalue weighted by molar-refractivity contribution is 8.18. The first-order valence-electron chi connectivity index (χ1n) is 9.76. The first-order valence-corrected chi connectivity index (χ1v) is 10.6. The van der Waals surface area contributed by atoms with Gasteiger partial charge in [0.2, 0.25) is 0 Å². The molecule has 0 saturated carbocycles. The number of hydrogen-bond donors (Lipinski definition) is 0. The largest absolute Gasteiger partial charge is 0.486 e. The first-order chi connectivity index (χ1) is 14.0. The SMILES string of the molecule is Cc1ccc(N=C2S/C(=C\c3ccc4c(c3)OCCO4)C(=O)N2CC(C)C)cc1. The number of hydrogen-bond acceptors (Lipinski definition) is 5. The summed E-state index contributed by atoms with van der Waals surface area (Å²) in [6, 6.07) is 13.7. The van der Waals surface area contributed by atoms with Crippen molar-refractivity contribution in [1.29, 1.82) is 0 Å². The fourth-order valence-electron chi connectivity index (χ4n) is 3.15. The van der Waals surface area contributed by atoms with E-state index < -0.39 is 0 Å². The third-order valence-corrected chi connectivity index (χ3v) is 5.57. The fraction of sp³-hybridized carbons (Fsp3) is 0.304. The Hall–Kier alpha value is -2.73. The number of aryl methyl sites for hydroxylation is 1. The number of fused-ring (bicyclic) bond motifs is 1. The minimum absolute atomic E-state index is 0.00977. The van der Waals surface area contributed by atoms with Crippen LogP contribution in [0.5, 0.6) is 11.5 Å². The summed E-state index contributed by atoms with van der Waals surface area (Å²) in [7, 11) is 0. The Morgan fingerprint density at radius 1 is 1.10 bits per heavy atom. The Bertz CT molecular complexity index is 980. The Labute approximate surface area is 175 Å². The number of amides is 1. The van der Waals surface area contributed by atoms with Gasteiger partial charge in [-0.05, 0) is 60.5 Å². The molecule has 2 heterocycles. The van der Waals surface area contributed by atoms with Gasteiger partial charge in [-0.3, -0.25) is 9.69 Å². The van der Waals surface area contributed by atoms with Gasteiger partial charge >= 0.3 is 0 Å². The predicted octanol–water partition coefficient (Wildman–Crippen LogP) is 5.03. The van der Waals surface area contributed by atoms with Crippen molar-refractivity contribution in [2.75, 3.05) is 19.8 Å². The Morgan fingerprint density at radius 2 is 1.83 bits per heavy atom. The van der Waals surface area contributed by atoms with E-state index in [1.807, 2.05) is 55.5 Å². The zero-order valence-electron chi connectivity index (χ0n) is 16.8. The van der Waals surface area contributed by atoms with Gasteiger partial charge in [0.05, 0.1) is 10.6 Å². The zero-order valence-corrected chi connectivity index (χ0v) is 17.7. The van der Waals surface area contributed by atoms with Crippen molar-refractivity contribution in [3.63, 3.8) is 0 Å². The summed E-state index contributed by atoms with van der Waals surface area (Å²) in [6.07, 6.45) is 1.90. The van der Waals surface area contributed by atoms with Crippen LogP contribution in [0.1, 0.15) is 25.0 Å². The highest BCUT2D eigenvalue weighted by Crippen LogP contribution is 2.36. The molecule has 2 aliphatic heterocycles. The van der Waals surface area contributed by atoms with E-state index in [-0.39, 0.29) is 5.91 Å². The van der Waals surface area contributed by atoms with Gasteiger partial charge in [0.15, 0.2) is 16.7 Å². The molecule has 1 fully saturated rings. The number of carbonyl (C=O) groups is 1. The van der Waals surface area contributed by atoms with Crippen LogP contribution in [0.4, 0.5) is 5.69 Å². The molecular weight excluding hydrogens is 384 g/mol. The monoisotopic (exact) mass is 408 g/mol. The summed E-state index contributed by atoms with van der Waals surface area (Å²) in [4.78, 5) is 20.3. The fourth-order valence-corrected chi connectivity index (χ4v) is 4.16. The van der Waals surface area contributed by atoms with Crippen molar-refractivity contribution in [3.8, 4) is 11.5 Å². The Morgan fingerprint density at radius 3 is 2.55 bits per heavy atom. The highest BCUT2D eigenvalue weighted by Gasteiger charge is 2.33. The molecule has 0 bridgehead atoms. The quantitative estimate of drug-likeness (QED) is 0.666. The maximum atomic E-state index is 13.1. The minimum Gasteiger partial charge on any atom is -0.486 e. The molecule has 6 heteroatoms. The molecule has 0 aromatic heterocycles. The summed E-state index contributed by atoms with van der Waals surface area (Å²) in [6.45, 7) is 7.98. The van der Waals surface area contributed by atoms with Crippen molar-refractivity contribution in [2.24, 2.45) is 10.9 Å². The Kier molecular flexibility index (Phi) is 5.62. The number of rotatable bonds is 4. The van der Waals surface area contributed by atoms with Crippen LogP contribution >= 0.6 is 11.8 Å². The second-order valence-corrected chi connectivity index (χ2v) is 8.56. The maximum Gasteiger partial charge on any atom is 0.266 e. The molecule has 2 aromatic carbocycles. The first kappa shape index (κ1) is 19.6. The number of benzene rings is 2. The minimum atomic E-state index is -0.00977. The zero-order chi connectivity index (χ0) is 20.4. The predicted molar refractivity (Wildman–Crippen MR) is 118 cm³/mol. The van der Waals surface area contributed by atoms with Gasteiger partial charge in [0, 0.05) is 6.54 Å². The van der Waals surface area contributed by atoms with Crippen molar-refractivity contribution < 1.29 is 14.3 Å². The van der Waals surface area contributed by atoms with Crippen LogP contribution in [-0.4, -0.2) is 35.7 Å². The van der Waals surface area contributed by atoms with Crippen LogP contribution in [0.2, 0.25) is 0 Å². The van der Waals surface area contributed by atoms with Crippen LogP contribution in [0.3, 0.4) is 0 Å². The van der Waals surface area contributed by atoms with E-state index in [4.69, 9.17) is 14.5 Å². The summed E-state index contributed by atoms with van der Waals surface area (Å²) < 4.78 is 11.2. The van der Waals surface area contributed by atoms with Crippen LogP contribution < -0.4 is 9.47 Å². The summed E-state index contributed by atoms with van der Waals surface area (Å²) in [5.74, 6) is 1.79. The van der Waals surface area contributed by atoms with Gasteiger partial charge in [-0.1, -0.05) is 37.6 Å². The maximum absolute atomic E-state index is 13.1. The second-order valence-electron chi connectivity index (χ2n) is 7.55. The van der Waals surface area contributed by atoms with Crippen LogP contribution in [-0.2, 0) is 4.79 Å². The average molecular weight is 409 g/mol. The van der Waals surface area contributed by atoms with E-state index >= 15 is 0 Å². The van der Waals surface area contributed by atoms with E-state index in [2.05, 4.69) is 13.8 Å². The van der Waals surface area contributed by atoms with Gasteiger partial charge in [-0.15, -0.1) is 0 Å². The number of amidine groups is 1. The van der Waals surface area contributed by atoms with E-state index in [1.165, 1.54) is 17.3 Å². The summed E-state index contributed by atoms with van der Waals surface area (Å²) in [5, 5.41) is 0.719. The molecule has 2 aromatic rings. The molecule has 0 N–H and O–H groups in total. The van der Waals surface area contributed by atoms with Gasteiger partial charge < -0.3 is 9.47 Å². The second kappa shape index (κ2) is 8.33. The van der Waals surface area contributed by atoms with Crippen molar-refractivity contribution in [3.05, 3.63) is 58.5 Å².